The van der Waals surface area contributed by atoms with Crippen molar-refractivity contribution in [2.45, 2.75) is 0 Å². The molecule has 0 saturated heterocycles. The Balaban J connectivity index is 2.06. The molecule has 0 aliphatic carbocycles. The van der Waals surface area contributed by atoms with Crippen LogP contribution in [0, 0.1) is 0 Å². The van der Waals surface area contributed by atoms with Crippen molar-refractivity contribution in [1.82, 2.24) is 9.80 Å². The molecule has 2 rings (SSSR count). The number of benzene rings is 2. The van der Waals surface area contributed by atoms with Gasteiger partial charge in [0.15, 0.2) is 0 Å². The second-order valence-corrected chi connectivity index (χ2v) is 8.01. The van der Waals surface area contributed by atoms with Gasteiger partial charge in [0.1, 0.15) is 0 Å². The van der Waals surface area contributed by atoms with Crippen LogP contribution in [-0.4, -0.2) is 105 Å². The van der Waals surface area contributed by atoms with Gasteiger partial charge in [-0.05, 0) is 24.3 Å². The van der Waals surface area contributed by atoms with Crippen molar-refractivity contribution < 1.29 is 49.2 Å². The lowest BCUT2D eigenvalue weighted by atomic mass is 10.2. The van der Waals surface area contributed by atoms with Gasteiger partial charge in [-0.3, -0.25) is 29.0 Å². The van der Waals surface area contributed by atoms with Crippen LogP contribution in [0.25, 0.3) is 0 Å². The van der Waals surface area contributed by atoms with E-state index in [9.17, 15) is 49.2 Å². The van der Waals surface area contributed by atoms with Crippen LogP contribution >= 0.6 is 0 Å². The maximum atomic E-state index is 12.5. The first-order valence-corrected chi connectivity index (χ1v) is 11.1. The molecule has 0 fully saturated rings. The zero-order chi connectivity index (χ0) is 28.2. The van der Waals surface area contributed by atoms with E-state index in [1.165, 1.54) is 58.3 Å². The minimum absolute atomic E-state index is 0.0195. The van der Waals surface area contributed by atoms with Crippen LogP contribution in [0.3, 0.4) is 0 Å². The Bertz CT molecular complexity index is 1120. The molecule has 0 radical (unpaired) electrons. The van der Waals surface area contributed by atoms with Crippen molar-refractivity contribution in [2.75, 3.05) is 49.9 Å². The van der Waals surface area contributed by atoms with Crippen LogP contribution in [0.5, 0.6) is 0 Å². The molecule has 202 valence electrons. The van der Waals surface area contributed by atoms with E-state index in [1.54, 1.807) is 0 Å². The summed E-state index contributed by atoms with van der Waals surface area (Å²) in [7, 11) is 0. The monoisotopic (exact) mass is 530 g/mol. The van der Waals surface area contributed by atoms with Gasteiger partial charge in [0.05, 0.1) is 48.7 Å². The molecule has 38 heavy (non-hydrogen) atoms. The zero-order valence-corrected chi connectivity index (χ0v) is 20.0. The zero-order valence-electron chi connectivity index (χ0n) is 20.0. The predicted molar refractivity (Wildman–Crippen MR) is 132 cm³/mol. The van der Waals surface area contributed by atoms with Gasteiger partial charge in [0, 0.05) is 13.1 Å². The number of hydrogen-bond donors (Lipinski definition) is 6. The third-order valence-electron chi connectivity index (χ3n) is 5.05. The number of amides is 2. The molecular formula is C24H26N4O10. The maximum Gasteiger partial charge on any atom is 0.337 e. The van der Waals surface area contributed by atoms with E-state index in [2.05, 4.69) is 10.6 Å². The summed E-state index contributed by atoms with van der Waals surface area (Å²) in [5, 5.41) is 41.8. The highest BCUT2D eigenvalue weighted by Gasteiger charge is 2.21. The quantitative estimate of drug-likeness (QED) is 0.185. The lowest BCUT2D eigenvalue weighted by molar-refractivity contribution is -0.140. The van der Waals surface area contributed by atoms with Gasteiger partial charge in [0.25, 0.3) is 0 Å². The number of nitrogens with one attached hydrogen (secondary N) is 2. The Morgan fingerprint density at radius 2 is 0.895 bits per heavy atom. The molecule has 2 amide bonds. The van der Waals surface area contributed by atoms with E-state index in [4.69, 9.17) is 0 Å². The van der Waals surface area contributed by atoms with Crippen LogP contribution < -0.4 is 10.6 Å². The van der Waals surface area contributed by atoms with Crippen LogP contribution in [0.15, 0.2) is 48.5 Å². The molecule has 2 aromatic carbocycles. The normalized spacial score (nSPS) is 10.7. The summed E-state index contributed by atoms with van der Waals surface area (Å²) in [5.41, 5.74) is -0.278. The standard InChI is InChI=1S/C24H26N4O10/c29-19(25-17-7-3-1-5-15(17)23(35)36)11-27(13-21(31)32)9-10-28(14-22(33)34)12-20(30)26-18-8-4-2-6-16(18)24(37)38/h1-8H,9-14H2,(H,25,29)(H,26,30)(H,31,32)(H,33,34)(H,35,36)(H,37,38). The average Bonchev–Trinajstić information content (AvgIpc) is 2.82. The smallest absolute Gasteiger partial charge is 0.337 e. The number of carbonyl (C=O) groups excluding carboxylic acids is 2. The van der Waals surface area contributed by atoms with E-state index in [1.807, 2.05) is 0 Å². The third-order valence-corrected chi connectivity index (χ3v) is 5.05. The van der Waals surface area contributed by atoms with Crippen molar-refractivity contribution in [1.29, 1.82) is 0 Å². The summed E-state index contributed by atoms with van der Waals surface area (Å²) in [4.78, 5) is 72.7. The number of aliphatic carboxylic acids is 2. The van der Waals surface area contributed by atoms with Crippen molar-refractivity contribution in [3.05, 3.63) is 59.7 Å². The van der Waals surface area contributed by atoms with Crippen molar-refractivity contribution in [3.63, 3.8) is 0 Å². The van der Waals surface area contributed by atoms with E-state index in [-0.39, 0.29) is 35.6 Å². The topological polar surface area (TPSA) is 214 Å². The van der Waals surface area contributed by atoms with Gasteiger partial charge in [-0.2, -0.15) is 0 Å². The molecule has 0 atom stereocenters. The van der Waals surface area contributed by atoms with Gasteiger partial charge in [-0.25, -0.2) is 9.59 Å². The van der Waals surface area contributed by atoms with Gasteiger partial charge in [-0.15, -0.1) is 0 Å². The first-order chi connectivity index (χ1) is 18.0. The van der Waals surface area contributed by atoms with E-state index in [0.29, 0.717) is 0 Å². The van der Waals surface area contributed by atoms with Crippen LogP contribution in [-0.2, 0) is 19.2 Å². The predicted octanol–water partition coefficient (Wildman–Crippen LogP) is 0.433. The highest BCUT2D eigenvalue weighted by Crippen LogP contribution is 2.16. The minimum Gasteiger partial charge on any atom is -0.480 e. The van der Waals surface area contributed by atoms with Gasteiger partial charge < -0.3 is 31.1 Å². The molecule has 0 unspecified atom stereocenters. The first kappa shape index (κ1) is 29.4. The number of carboxylic acid groups (broad SMARTS) is 4. The Morgan fingerprint density at radius 1 is 0.553 bits per heavy atom. The van der Waals surface area contributed by atoms with Gasteiger partial charge in [0.2, 0.25) is 11.8 Å². The van der Waals surface area contributed by atoms with E-state index in [0.717, 1.165) is 0 Å². The Kier molecular flexibility index (Phi) is 10.9. The molecule has 0 spiro atoms. The Morgan fingerprint density at radius 3 is 1.21 bits per heavy atom. The molecule has 0 bridgehead atoms. The molecule has 14 nitrogen and oxygen atoms in total. The summed E-state index contributed by atoms with van der Waals surface area (Å²) in [5.74, 6) is -6.47. The Labute approximate surface area is 216 Å². The van der Waals surface area contributed by atoms with Crippen molar-refractivity contribution in [3.8, 4) is 0 Å². The summed E-state index contributed by atoms with van der Waals surface area (Å²) in [6, 6.07) is 11.3. The average molecular weight is 530 g/mol. The number of rotatable bonds is 15. The third kappa shape index (κ3) is 9.67. The van der Waals surface area contributed by atoms with E-state index < -0.39 is 61.9 Å². The number of anilines is 2. The minimum atomic E-state index is -1.27. The van der Waals surface area contributed by atoms with Gasteiger partial charge in [-0.1, -0.05) is 24.3 Å². The highest BCUT2D eigenvalue weighted by atomic mass is 16.4. The Hall–Kier alpha value is -4.82. The summed E-state index contributed by atoms with van der Waals surface area (Å²) >= 11 is 0. The second kappa shape index (κ2) is 14.1. The SMILES string of the molecule is O=C(O)CN(CCN(CC(=O)O)CC(=O)Nc1ccccc1C(=O)O)CC(=O)Nc1ccccc1C(=O)O. The fraction of sp³-hybridized carbons (Fsp3) is 0.250. The number of carbonyl (C=O) groups is 6. The number of carboxylic acids is 4. The van der Waals surface area contributed by atoms with Crippen LogP contribution in [0.1, 0.15) is 20.7 Å². The van der Waals surface area contributed by atoms with Crippen LogP contribution in [0.4, 0.5) is 11.4 Å². The molecule has 0 saturated carbocycles. The first-order valence-electron chi connectivity index (χ1n) is 11.1. The fourth-order valence-electron chi connectivity index (χ4n) is 3.44. The highest BCUT2D eigenvalue weighted by molar-refractivity contribution is 6.02. The molecule has 0 aliphatic rings. The summed E-state index contributed by atoms with van der Waals surface area (Å²) < 4.78 is 0. The maximum absolute atomic E-state index is 12.5. The molecule has 0 aromatic heterocycles. The van der Waals surface area contributed by atoms with Crippen LogP contribution in [0.2, 0.25) is 0 Å². The number of aromatic carboxylic acids is 2. The lowest BCUT2D eigenvalue weighted by Gasteiger charge is -2.25. The van der Waals surface area contributed by atoms with Crippen molar-refractivity contribution in [2.24, 2.45) is 0 Å². The summed E-state index contributed by atoms with van der Waals surface area (Å²) in [6.07, 6.45) is 0. The van der Waals surface area contributed by atoms with E-state index >= 15 is 0 Å². The molecule has 0 aliphatic heterocycles. The second-order valence-electron chi connectivity index (χ2n) is 8.01. The molecule has 2 aromatic rings. The summed E-state index contributed by atoms with van der Waals surface area (Å²) in [6.45, 7) is -2.36. The molecule has 6 N–H and O–H groups in total. The van der Waals surface area contributed by atoms with Crippen molar-refractivity contribution >= 4 is 47.1 Å². The molecule has 0 heterocycles. The number of nitrogens with zero attached hydrogens (tertiary/aromatic N) is 2. The van der Waals surface area contributed by atoms with Gasteiger partial charge >= 0.3 is 23.9 Å². The lowest BCUT2D eigenvalue weighted by Crippen LogP contribution is -2.45. The largest absolute Gasteiger partial charge is 0.480 e. The number of para-hydroxylation sites is 2. The number of hydrogen-bond acceptors (Lipinski definition) is 8. The molecule has 14 heteroatoms. The molecular weight excluding hydrogens is 504 g/mol. The fourth-order valence-corrected chi connectivity index (χ4v) is 3.44.